The molecular weight excluding hydrogens is 282 g/mol. The SMILES string of the molecule is Cc1cc(C)cc(-n2ncc(-c3n[nH]c(=S)n3C)c2C)c1. The van der Waals surface area contributed by atoms with Gasteiger partial charge in [0.1, 0.15) is 0 Å². The number of aryl methyl sites for hydroxylation is 2. The molecule has 0 saturated carbocycles. The van der Waals surface area contributed by atoms with Gasteiger partial charge in [0.2, 0.25) is 0 Å². The van der Waals surface area contributed by atoms with Crippen LogP contribution in [0.25, 0.3) is 17.1 Å². The third-order valence-electron chi connectivity index (χ3n) is 3.58. The molecule has 2 aromatic heterocycles. The van der Waals surface area contributed by atoms with E-state index in [1.165, 1.54) is 11.1 Å². The number of hydrogen-bond donors (Lipinski definition) is 1. The molecule has 1 aromatic carbocycles. The largest absolute Gasteiger partial charge is 0.303 e. The van der Waals surface area contributed by atoms with E-state index in [0.29, 0.717) is 4.77 Å². The third kappa shape index (κ3) is 2.31. The van der Waals surface area contributed by atoms with Crippen LogP contribution in [0.2, 0.25) is 0 Å². The second-order valence-electron chi connectivity index (χ2n) is 5.31. The summed E-state index contributed by atoms with van der Waals surface area (Å²) in [5, 5.41) is 11.6. The van der Waals surface area contributed by atoms with E-state index in [-0.39, 0.29) is 0 Å². The first-order valence-electron chi connectivity index (χ1n) is 6.72. The van der Waals surface area contributed by atoms with Gasteiger partial charge >= 0.3 is 0 Å². The van der Waals surface area contributed by atoms with Crippen molar-refractivity contribution in [1.29, 1.82) is 0 Å². The van der Waals surface area contributed by atoms with E-state index in [4.69, 9.17) is 12.2 Å². The number of benzene rings is 1. The van der Waals surface area contributed by atoms with E-state index in [1.54, 1.807) is 0 Å². The van der Waals surface area contributed by atoms with Crippen LogP contribution in [0.3, 0.4) is 0 Å². The van der Waals surface area contributed by atoms with Crippen LogP contribution in [0, 0.1) is 25.5 Å². The minimum absolute atomic E-state index is 0.601. The average molecular weight is 299 g/mol. The molecule has 0 bridgehead atoms. The number of H-pyrrole nitrogens is 1. The van der Waals surface area contributed by atoms with Crippen molar-refractivity contribution in [3.8, 4) is 17.1 Å². The molecule has 0 saturated heterocycles. The molecule has 0 unspecified atom stereocenters. The van der Waals surface area contributed by atoms with Gasteiger partial charge < -0.3 is 4.57 Å². The van der Waals surface area contributed by atoms with Gasteiger partial charge in [-0.2, -0.15) is 10.2 Å². The molecule has 21 heavy (non-hydrogen) atoms. The Morgan fingerprint density at radius 3 is 2.33 bits per heavy atom. The van der Waals surface area contributed by atoms with Gasteiger partial charge in [0.05, 0.1) is 23.1 Å². The van der Waals surface area contributed by atoms with Crippen molar-refractivity contribution in [1.82, 2.24) is 24.5 Å². The quantitative estimate of drug-likeness (QED) is 0.739. The highest BCUT2D eigenvalue weighted by molar-refractivity contribution is 7.71. The van der Waals surface area contributed by atoms with Gasteiger partial charge in [0.25, 0.3) is 0 Å². The molecule has 0 radical (unpaired) electrons. The molecule has 1 N–H and O–H groups in total. The second-order valence-corrected chi connectivity index (χ2v) is 5.70. The zero-order valence-electron chi connectivity index (χ0n) is 12.5. The van der Waals surface area contributed by atoms with Crippen LogP contribution in [-0.2, 0) is 7.05 Å². The first kappa shape index (κ1) is 13.8. The molecule has 0 aliphatic rings. The summed E-state index contributed by atoms with van der Waals surface area (Å²) in [6.07, 6.45) is 1.83. The van der Waals surface area contributed by atoms with Crippen molar-refractivity contribution < 1.29 is 0 Å². The summed E-state index contributed by atoms with van der Waals surface area (Å²) in [5.41, 5.74) is 5.52. The number of hydrogen-bond acceptors (Lipinski definition) is 3. The number of aromatic amines is 1. The van der Waals surface area contributed by atoms with Gasteiger partial charge in [0.15, 0.2) is 10.6 Å². The monoisotopic (exact) mass is 299 g/mol. The molecule has 3 aromatic rings. The van der Waals surface area contributed by atoms with Gasteiger partial charge in [-0.25, -0.2) is 4.68 Å². The predicted octanol–water partition coefficient (Wildman–Crippen LogP) is 3.26. The van der Waals surface area contributed by atoms with Crippen LogP contribution < -0.4 is 0 Å². The van der Waals surface area contributed by atoms with Crippen molar-refractivity contribution in [2.45, 2.75) is 20.8 Å². The highest BCUT2D eigenvalue weighted by Gasteiger charge is 2.14. The van der Waals surface area contributed by atoms with Crippen molar-refractivity contribution in [2.75, 3.05) is 0 Å². The molecule has 2 heterocycles. The topological polar surface area (TPSA) is 51.4 Å². The summed E-state index contributed by atoms with van der Waals surface area (Å²) in [6.45, 7) is 6.22. The maximum Gasteiger partial charge on any atom is 0.195 e. The van der Waals surface area contributed by atoms with Gasteiger partial charge in [-0.15, -0.1) is 0 Å². The Balaban J connectivity index is 2.15. The van der Waals surface area contributed by atoms with Gasteiger partial charge in [0, 0.05) is 7.05 Å². The second kappa shape index (κ2) is 4.96. The van der Waals surface area contributed by atoms with Crippen LogP contribution in [0.15, 0.2) is 24.4 Å². The Hall–Kier alpha value is -2.21. The average Bonchev–Trinajstić information content (AvgIpc) is 2.93. The minimum Gasteiger partial charge on any atom is -0.303 e. The van der Waals surface area contributed by atoms with E-state index >= 15 is 0 Å². The molecule has 0 atom stereocenters. The number of nitrogens with zero attached hydrogens (tertiary/aromatic N) is 4. The van der Waals surface area contributed by atoms with Crippen molar-refractivity contribution in [3.05, 3.63) is 46.0 Å². The summed E-state index contributed by atoms with van der Waals surface area (Å²) in [7, 11) is 1.90. The molecule has 0 fully saturated rings. The predicted molar refractivity (Wildman–Crippen MR) is 85.2 cm³/mol. The molecule has 0 amide bonds. The van der Waals surface area contributed by atoms with Crippen LogP contribution in [0.5, 0.6) is 0 Å². The van der Waals surface area contributed by atoms with Crippen molar-refractivity contribution in [2.24, 2.45) is 7.05 Å². The number of aromatic nitrogens is 5. The molecule has 3 rings (SSSR count). The fraction of sp³-hybridized carbons (Fsp3) is 0.267. The lowest BCUT2D eigenvalue weighted by Crippen LogP contribution is -2.01. The summed E-state index contributed by atoms with van der Waals surface area (Å²) < 4.78 is 4.39. The summed E-state index contributed by atoms with van der Waals surface area (Å²) in [5.74, 6) is 0.799. The third-order valence-corrected chi connectivity index (χ3v) is 3.95. The highest BCUT2D eigenvalue weighted by atomic mass is 32.1. The van der Waals surface area contributed by atoms with Crippen LogP contribution >= 0.6 is 12.2 Å². The Labute approximate surface area is 128 Å². The number of nitrogens with one attached hydrogen (secondary N) is 1. The maximum atomic E-state index is 5.17. The Kier molecular flexibility index (Phi) is 3.25. The lowest BCUT2D eigenvalue weighted by molar-refractivity contribution is 0.843. The molecule has 0 aliphatic carbocycles. The fourth-order valence-electron chi connectivity index (χ4n) is 2.55. The summed E-state index contributed by atoms with van der Waals surface area (Å²) in [4.78, 5) is 0. The Morgan fingerprint density at radius 1 is 1.10 bits per heavy atom. The summed E-state index contributed by atoms with van der Waals surface area (Å²) >= 11 is 5.17. The van der Waals surface area contributed by atoms with E-state index in [1.807, 2.05) is 29.4 Å². The molecule has 5 nitrogen and oxygen atoms in total. The first-order chi connectivity index (χ1) is 9.97. The van der Waals surface area contributed by atoms with Crippen LogP contribution in [-0.4, -0.2) is 24.5 Å². The lowest BCUT2D eigenvalue weighted by Gasteiger charge is -2.08. The smallest absolute Gasteiger partial charge is 0.195 e. The lowest BCUT2D eigenvalue weighted by atomic mass is 10.1. The zero-order chi connectivity index (χ0) is 15.1. The Morgan fingerprint density at radius 2 is 1.76 bits per heavy atom. The molecular formula is C15H17N5S. The molecule has 0 aliphatic heterocycles. The van der Waals surface area contributed by atoms with Crippen molar-refractivity contribution in [3.63, 3.8) is 0 Å². The standard InChI is InChI=1S/C15H17N5S/c1-9-5-10(2)7-12(6-9)20-11(3)13(8-16-20)14-17-18-15(21)19(14)4/h5-8H,1-4H3,(H,18,21). The molecule has 6 heteroatoms. The van der Waals surface area contributed by atoms with E-state index in [0.717, 1.165) is 22.8 Å². The van der Waals surface area contributed by atoms with Crippen LogP contribution in [0.4, 0.5) is 0 Å². The normalized spacial score (nSPS) is 11.0. The van der Waals surface area contributed by atoms with Crippen molar-refractivity contribution >= 4 is 12.2 Å². The van der Waals surface area contributed by atoms with Gasteiger partial charge in [-0.05, 0) is 56.2 Å². The van der Waals surface area contributed by atoms with E-state index in [2.05, 4.69) is 47.3 Å². The number of rotatable bonds is 2. The van der Waals surface area contributed by atoms with Gasteiger partial charge in [-0.1, -0.05) is 6.07 Å². The first-order valence-corrected chi connectivity index (χ1v) is 7.13. The van der Waals surface area contributed by atoms with Gasteiger partial charge in [-0.3, -0.25) is 5.10 Å². The summed E-state index contributed by atoms with van der Waals surface area (Å²) in [6, 6.07) is 6.40. The fourth-order valence-corrected chi connectivity index (χ4v) is 2.68. The maximum absolute atomic E-state index is 5.17. The van der Waals surface area contributed by atoms with E-state index < -0.39 is 0 Å². The zero-order valence-corrected chi connectivity index (χ0v) is 13.3. The minimum atomic E-state index is 0.601. The molecule has 108 valence electrons. The molecule has 0 spiro atoms. The highest BCUT2D eigenvalue weighted by Crippen LogP contribution is 2.24. The van der Waals surface area contributed by atoms with E-state index in [9.17, 15) is 0 Å². The van der Waals surface area contributed by atoms with Crippen LogP contribution in [0.1, 0.15) is 16.8 Å². The Bertz CT molecular complexity index is 848.